The van der Waals surface area contributed by atoms with Crippen LogP contribution in [0.15, 0.2) is 76.9 Å². The zero-order chi connectivity index (χ0) is 23.3. The average Bonchev–Trinajstić information content (AvgIpc) is 2.90. The molecule has 3 aromatic rings. The van der Waals surface area contributed by atoms with Crippen molar-refractivity contribution in [1.29, 1.82) is 0 Å². The lowest BCUT2D eigenvalue weighted by molar-refractivity contribution is -0.136. The molecule has 2 aliphatic rings. The Morgan fingerprint density at radius 3 is 2.24 bits per heavy atom. The quantitative estimate of drug-likeness (QED) is 0.545. The highest BCUT2D eigenvalue weighted by molar-refractivity contribution is 7.99. The Labute approximate surface area is 203 Å². The van der Waals surface area contributed by atoms with Crippen LogP contribution in [0, 0.1) is 11.7 Å². The molecule has 2 aromatic carbocycles. The summed E-state index contributed by atoms with van der Waals surface area (Å²) in [4.78, 5) is 29.7. The highest BCUT2D eigenvalue weighted by Gasteiger charge is 2.32. The molecular weight excluding hydrogens is 449 g/mol. The summed E-state index contributed by atoms with van der Waals surface area (Å²) in [5.74, 6) is 0.938. The van der Waals surface area contributed by atoms with Crippen LogP contribution in [0.1, 0.15) is 12.8 Å². The van der Waals surface area contributed by atoms with E-state index in [1.165, 1.54) is 6.07 Å². The van der Waals surface area contributed by atoms with Gasteiger partial charge in [0.05, 0.1) is 5.69 Å². The molecule has 0 saturated carbocycles. The Morgan fingerprint density at radius 1 is 0.824 bits per heavy atom. The number of para-hydroxylation sites is 1. The Morgan fingerprint density at radius 2 is 1.50 bits per heavy atom. The van der Waals surface area contributed by atoms with Crippen LogP contribution >= 0.6 is 11.8 Å². The molecular formula is C26H28FN5OS. The Balaban J connectivity index is 1.16. The minimum Gasteiger partial charge on any atom is -0.366 e. The summed E-state index contributed by atoms with van der Waals surface area (Å²) in [6.07, 6.45) is 5.07. The number of piperidine rings is 1. The van der Waals surface area contributed by atoms with Crippen LogP contribution in [0.25, 0.3) is 0 Å². The highest BCUT2D eigenvalue weighted by Crippen LogP contribution is 2.34. The first-order chi connectivity index (χ1) is 16.7. The molecule has 0 bridgehead atoms. The van der Waals surface area contributed by atoms with Crippen molar-refractivity contribution in [3.05, 3.63) is 72.8 Å². The lowest BCUT2D eigenvalue weighted by Gasteiger charge is -2.39. The number of carbonyl (C=O) groups excluding carboxylic acids is 1. The molecule has 0 aliphatic carbocycles. The molecule has 1 amide bonds. The standard InChI is InChI=1S/C26H28FN5OS/c27-22-8-4-5-9-23(22)30-16-18-32(19-17-30)26(33)20-10-14-31(15-11-20)24-25(29-13-12-28-24)34-21-6-2-1-3-7-21/h1-9,12-13,20H,10-11,14-19H2. The molecule has 6 nitrogen and oxygen atoms in total. The van der Waals surface area contributed by atoms with E-state index >= 15 is 0 Å². The van der Waals surface area contributed by atoms with Crippen molar-refractivity contribution >= 4 is 29.2 Å². The minimum atomic E-state index is -0.205. The molecule has 0 spiro atoms. The summed E-state index contributed by atoms with van der Waals surface area (Å²) < 4.78 is 14.1. The second-order valence-electron chi connectivity index (χ2n) is 8.63. The number of amides is 1. The van der Waals surface area contributed by atoms with Crippen molar-refractivity contribution in [3.63, 3.8) is 0 Å². The van der Waals surface area contributed by atoms with Gasteiger partial charge in [-0.2, -0.15) is 0 Å². The second-order valence-corrected chi connectivity index (χ2v) is 9.69. The molecule has 0 atom stereocenters. The summed E-state index contributed by atoms with van der Waals surface area (Å²) in [5.41, 5.74) is 0.621. The van der Waals surface area contributed by atoms with Crippen LogP contribution in [0.2, 0.25) is 0 Å². The van der Waals surface area contributed by atoms with E-state index in [2.05, 4.69) is 27.0 Å². The van der Waals surface area contributed by atoms with E-state index in [0.29, 0.717) is 31.9 Å². The summed E-state index contributed by atoms with van der Waals surface area (Å²) in [7, 11) is 0. The van der Waals surface area contributed by atoms with Gasteiger partial charge in [-0.15, -0.1) is 0 Å². The fourth-order valence-electron chi connectivity index (χ4n) is 4.68. The molecule has 0 N–H and O–H groups in total. The summed E-state index contributed by atoms with van der Waals surface area (Å²) in [6.45, 7) is 4.15. The van der Waals surface area contributed by atoms with Crippen LogP contribution in [0.3, 0.4) is 0 Å². The molecule has 0 unspecified atom stereocenters. The van der Waals surface area contributed by atoms with E-state index in [1.54, 1.807) is 36.3 Å². The van der Waals surface area contributed by atoms with Crippen molar-refractivity contribution in [3.8, 4) is 0 Å². The number of piperazine rings is 1. The first-order valence-corrected chi connectivity index (χ1v) is 12.6. The van der Waals surface area contributed by atoms with Crippen molar-refractivity contribution in [1.82, 2.24) is 14.9 Å². The normalized spacial score (nSPS) is 17.1. The molecule has 176 valence electrons. The summed E-state index contributed by atoms with van der Waals surface area (Å²) >= 11 is 1.62. The van der Waals surface area contributed by atoms with E-state index in [9.17, 15) is 9.18 Å². The fourth-order valence-corrected chi connectivity index (χ4v) is 5.58. The van der Waals surface area contributed by atoms with Crippen LogP contribution in [-0.4, -0.2) is 60.0 Å². The number of benzene rings is 2. The largest absolute Gasteiger partial charge is 0.366 e. The first kappa shape index (κ1) is 22.7. The molecule has 5 rings (SSSR count). The number of hydrogen-bond donors (Lipinski definition) is 0. The van der Waals surface area contributed by atoms with Crippen LogP contribution in [-0.2, 0) is 4.79 Å². The molecule has 2 aliphatic heterocycles. The maximum Gasteiger partial charge on any atom is 0.225 e. The van der Waals surface area contributed by atoms with Crippen molar-refractivity contribution in [2.45, 2.75) is 22.8 Å². The van der Waals surface area contributed by atoms with Crippen molar-refractivity contribution in [2.24, 2.45) is 5.92 Å². The summed E-state index contributed by atoms with van der Waals surface area (Å²) in [5, 5.41) is 0.891. The third-order valence-electron chi connectivity index (χ3n) is 6.53. The number of nitrogens with zero attached hydrogens (tertiary/aromatic N) is 5. The fraction of sp³-hybridized carbons (Fsp3) is 0.346. The predicted molar refractivity (Wildman–Crippen MR) is 133 cm³/mol. The highest BCUT2D eigenvalue weighted by atomic mass is 32.2. The maximum atomic E-state index is 14.1. The second kappa shape index (κ2) is 10.4. The van der Waals surface area contributed by atoms with Gasteiger partial charge in [-0.25, -0.2) is 14.4 Å². The van der Waals surface area contributed by atoms with Crippen LogP contribution in [0.4, 0.5) is 15.9 Å². The number of aromatic nitrogens is 2. The van der Waals surface area contributed by atoms with Gasteiger partial charge in [0, 0.05) is 62.5 Å². The predicted octanol–water partition coefficient (Wildman–Crippen LogP) is 4.33. The lowest BCUT2D eigenvalue weighted by Crippen LogP contribution is -2.52. The lowest BCUT2D eigenvalue weighted by atomic mass is 9.95. The first-order valence-electron chi connectivity index (χ1n) is 11.8. The number of hydrogen-bond acceptors (Lipinski definition) is 6. The maximum absolute atomic E-state index is 14.1. The van der Waals surface area contributed by atoms with Gasteiger partial charge >= 0.3 is 0 Å². The Kier molecular flexibility index (Phi) is 6.94. The van der Waals surface area contributed by atoms with E-state index in [4.69, 9.17) is 0 Å². The average molecular weight is 478 g/mol. The van der Waals surface area contributed by atoms with Gasteiger partial charge in [0.2, 0.25) is 5.91 Å². The van der Waals surface area contributed by atoms with Crippen molar-refractivity contribution < 1.29 is 9.18 Å². The van der Waals surface area contributed by atoms with E-state index < -0.39 is 0 Å². The SMILES string of the molecule is O=C(C1CCN(c2nccnc2Sc2ccccc2)CC1)N1CCN(c2ccccc2F)CC1. The van der Waals surface area contributed by atoms with Gasteiger partial charge in [-0.1, -0.05) is 42.1 Å². The zero-order valence-corrected chi connectivity index (χ0v) is 19.8. The van der Waals surface area contributed by atoms with Crippen molar-refractivity contribution in [2.75, 3.05) is 49.1 Å². The number of rotatable bonds is 5. The van der Waals surface area contributed by atoms with Gasteiger partial charge in [0.15, 0.2) is 5.82 Å². The van der Waals surface area contributed by atoms with Crippen LogP contribution in [0.5, 0.6) is 0 Å². The molecule has 2 saturated heterocycles. The minimum absolute atomic E-state index is 0.0261. The van der Waals surface area contributed by atoms with Crippen LogP contribution < -0.4 is 9.80 Å². The van der Waals surface area contributed by atoms with Gasteiger partial charge in [0.25, 0.3) is 0 Å². The Bertz CT molecular complexity index is 1110. The smallest absolute Gasteiger partial charge is 0.225 e. The van der Waals surface area contributed by atoms with E-state index in [0.717, 1.165) is 41.7 Å². The molecule has 1 aromatic heterocycles. The third kappa shape index (κ3) is 5.01. The monoisotopic (exact) mass is 477 g/mol. The topological polar surface area (TPSA) is 52.6 Å². The van der Waals surface area contributed by atoms with E-state index in [1.807, 2.05) is 34.1 Å². The molecule has 3 heterocycles. The number of carbonyl (C=O) groups is 1. The van der Waals surface area contributed by atoms with Gasteiger partial charge in [-0.05, 0) is 37.1 Å². The molecule has 8 heteroatoms. The third-order valence-corrected chi connectivity index (χ3v) is 7.52. The molecule has 0 radical (unpaired) electrons. The molecule has 2 fully saturated rings. The molecule has 34 heavy (non-hydrogen) atoms. The Hall–Kier alpha value is -3.13. The van der Waals surface area contributed by atoms with E-state index in [-0.39, 0.29) is 17.6 Å². The van der Waals surface area contributed by atoms with Gasteiger partial charge < -0.3 is 14.7 Å². The zero-order valence-electron chi connectivity index (χ0n) is 19.0. The van der Waals surface area contributed by atoms with Gasteiger partial charge in [-0.3, -0.25) is 4.79 Å². The number of halogens is 1. The van der Waals surface area contributed by atoms with Gasteiger partial charge in [0.1, 0.15) is 10.8 Å². The summed E-state index contributed by atoms with van der Waals surface area (Å²) in [6, 6.07) is 17.0. The number of anilines is 2.